The van der Waals surface area contributed by atoms with Gasteiger partial charge in [0.05, 0.1) is 5.56 Å². The van der Waals surface area contributed by atoms with Gasteiger partial charge in [-0.25, -0.2) is 0 Å². The zero-order chi connectivity index (χ0) is 13.0. The third-order valence-electron chi connectivity index (χ3n) is 5.43. The van der Waals surface area contributed by atoms with E-state index in [0.717, 1.165) is 23.7 Å². The van der Waals surface area contributed by atoms with Crippen molar-refractivity contribution in [2.24, 2.45) is 11.8 Å². The number of hydrogen-bond donors (Lipinski definition) is 1. The Labute approximate surface area is 114 Å². The molecule has 0 spiro atoms. The van der Waals surface area contributed by atoms with E-state index in [1.807, 2.05) is 24.3 Å². The molecule has 2 fully saturated rings. The van der Waals surface area contributed by atoms with E-state index in [1.165, 1.54) is 19.3 Å². The molecular weight excluding hydrogens is 236 g/mol. The van der Waals surface area contributed by atoms with Crippen LogP contribution in [0.25, 0.3) is 0 Å². The van der Waals surface area contributed by atoms with Crippen LogP contribution in [0, 0.1) is 11.8 Å². The summed E-state index contributed by atoms with van der Waals surface area (Å²) in [5, 5.41) is 3.48. The summed E-state index contributed by atoms with van der Waals surface area (Å²) < 4.78 is 0. The second kappa shape index (κ2) is 3.99. The predicted molar refractivity (Wildman–Crippen MR) is 75.2 cm³/mol. The molecule has 2 bridgehead atoms. The number of rotatable bonds is 0. The van der Waals surface area contributed by atoms with E-state index >= 15 is 0 Å². The number of carbonyl (C=O) groups excluding carboxylic acids is 1. The Kier molecular flexibility index (Phi) is 2.38. The number of amides is 1. The minimum Gasteiger partial charge on any atom is -0.382 e. The second-order valence-electron chi connectivity index (χ2n) is 6.29. The maximum absolute atomic E-state index is 12.9. The largest absolute Gasteiger partial charge is 0.382 e. The highest BCUT2D eigenvalue weighted by molar-refractivity contribution is 6.00. The van der Waals surface area contributed by atoms with E-state index in [1.54, 1.807) is 0 Å². The third kappa shape index (κ3) is 1.54. The smallest absolute Gasteiger partial charge is 0.256 e. The SMILES string of the molecule is C[C@@H]1C2CC[C@@H]1N1C(=O)c3ccccc3NC[C@@H]1C2. The van der Waals surface area contributed by atoms with Gasteiger partial charge in [-0.05, 0) is 43.2 Å². The molecule has 4 atom stereocenters. The molecule has 2 heterocycles. The number of para-hydroxylation sites is 1. The monoisotopic (exact) mass is 256 g/mol. The van der Waals surface area contributed by atoms with Gasteiger partial charge in [0, 0.05) is 24.3 Å². The molecular formula is C16H20N2O. The number of nitrogens with zero attached hydrogens (tertiary/aromatic N) is 1. The molecule has 1 saturated heterocycles. The predicted octanol–water partition coefficient (Wildman–Crippen LogP) is 2.74. The van der Waals surface area contributed by atoms with Crippen LogP contribution >= 0.6 is 0 Å². The molecule has 1 N–H and O–H groups in total. The maximum Gasteiger partial charge on any atom is 0.256 e. The first-order chi connectivity index (χ1) is 9.25. The molecule has 1 aliphatic carbocycles. The second-order valence-corrected chi connectivity index (χ2v) is 6.29. The molecule has 3 aliphatic rings. The summed E-state index contributed by atoms with van der Waals surface area (Å²) in [6.07, 6.45) is 3.66. The number of nitrogens with one attached hydrogen (secondary N) is 1. The first-order valence-corrected chi connectivity index (χ1v) is 7.41. The van der Waals surface area contributed by atoms with E-state index in [9.17, 15) is 4.79 Å². The Morgan fingerprint density at radius 1 is 1.26 bits per heavy atom. The number of carbonyl (C=O) groups is 1. The van der Waals surface area contributed by atoms with Crippen LogP contribution in [0.5, 0.6) is 0 Å². The van der Waals surface area contributed by atoms with Crippen molar-refractivity contribution in [1.29, 1.82) is 0 Å². The molecule has 0 radical (unpaired) electrons. The van der Waals surface area contributed by atoms with Gasteiger partial charge in [0.2, 0.25) is 0 Å². The summed E-state index contributed by atoms with van der Waals surface area (Å²) in [4.78, 5) is 15.1. The molecule has 3 heteroatoms. The van der Waals surface area contributed by atoms with Crippen LogP contribution in [-0.2, 0) is 0 Å². The summed E-state index contributed by atoms with van der Waals surface area (Å²) in [5.74, 6) is 1.73. The average Bonchev–Trinajstić information content (AvgIpc) is 2.63. The van der Waals surface area contributed by atoms with Crippen molar-refractivity contribution in [2.75, 3.05) is 11.9 Å². The Bertz CT molecular complexity index is 527. The number of benzene rings is 1. The van der Waals surface area contributed by atoms with Crippen LogP contribution in [0.2, 0.25) is 0 Å². The van der Waals surface area contributed by atoms with Crippen molar-refractivity contribution in [3.63, 3.8) is 0 Å². The van der Waals surface area contributed by atoms with Crippen LogP contribution in [0.15, 0.2) is 24.3 Å². The van der Waals surface area contributed by atoms with Gasteiger partial charge in [-0.1, -0.05) is 19.1 Å². The quantitative estimate of drug-likeness (QED) is 0.774. The molecule has 1 amide bonds. The first-order valence-electron chi connectivity index (χ1n) is 7.41. The van der Waals surface area contributed by atoms with Crippen molar-refractivity contribution in [1.82, 2.24) is 4.90 Å². The fourth-order valence-corrected chi connectivity index (χ4v) is 4.37. The van der Waals surface area contributed by atoms with Crippen molar-refractivity contribution in [2.45, 2.75) is 38.3 Å². The summed E-state index contributed by atoms with van der Waals surface area (Å²) in [6, 6.07) is 8.78. The van der Waals surface area contributed by atoms with Gasteiger partial charge >= 0.3 is 0 Å². The van der Waals surface area contributed by atoms with Gasteiger partial charge in [-0.3, -0.25) is 4.79 Å². The van der Waals surface area contributed by atoms with Gasteiger partial charge in [-0.15, -0.1) is 0 Å². The summed E-state index contributed by atoms with van der Waals surface area (Å²) in [6.45, 7) is 3.23. The molecule has 3 nitrogen and oxygen atoms in total. The lowest BCUT2D eigenvalue weighted by Crippen LogP contribution is -2.53. The Morgan fingerprint density at radius 2 is 2.11 bits per heavy atom. The highest BCUT2D eigenvalue weighted by Gasteiger charge is 2.48. The number of fused-ring (bicyclic) bond motifs is 5. The topological polar surface area (TPSA) is 32.3 Å². The highest BCUT2D eigenvalue weighted by atomic mass is 16.2. The minimum absolute atomic E-state index is 0.239. The van der Waals surface area contributed by atoms with Gasteiger partial charge in [-0.2, -0.15) is 0 Å². The van der Waals surface area contributed by atoms with Gasteiger partial charge in [0.15, 0.2) is 0 Å². The van der Waals surface area contributed by atoms with Crippen LogP contribution < -0.4 is 5.32 Å². The molecule has 1 aromatic rings. The summed E-state index contributed by atoms with van der Waals surface area (Å²) in [7, 11) is 0. The third-order valence-corrected chi connectivity index (χ3v) is 5.43. The van der Waals surface area contributed by atoms with Gasteiger partial charge in [0.25, 0.3) is 5.91 Å². The van der Waals surface area contributed by atoms with Gasteiger partial charge < -0.3 is 10.2 Å². The highest BCUT2D eigenvalue weighted by Crippen LogP contribution is 2.45. The summed E-state index contributed by atoms with van der Waals surface area (Å²) in [5.41, 5.74) is 1.85. The molecule has 0 aromatic heterocycles. The van der Waals surface area contributed by atoms with E-state index < -0.39 is 0 Å². The molecule has 19 heavy (non-hydrogen) atoms. The fourth-order valence-electron chi connectivity index (χ4n) is 4.37. The van der Waals surface area contributed by atoms with Crippen LogP contribution in [-0.4, -0.2) is 29.4 Å². The molecule has 100 valence electrons. The van der Waals surface area contributed by atoms with Gasteiger partial charge in [0.1, 0.15) is 0 Å². The van der Waals surface area contributed by atoms with Crippen molar-refractivity contribution in [3.8, 4) is 0 Å². The lowest BCUT2D eigenvalue weighted by molar-refractivity contribution is 0.0358. The molecule has 2 aliphatic heterocycles. The van der Waals surface area contributed by atoms with E-state index in [0.29, 0.717) is 18.0 Å². The fraction of sp³-hybridized carbons (Fsp3) is 0.562. The molecule has 1 unspecified atom stereocenters. The van der Waals surface area contributed by atoms with Crippen LogP contribution in [0.3, 0.4) is 0 Å². The lowest BCUT2D eigenvalue weighted by atomic mass is 9.83. The molecule has 1 saturated carbocycles. The van der Waals surface area contributed by atoms with Crippen molar-refractivity contribution >= 4 is 11.6 Å². The number of hydrogen-bond acceptors (Lipinski definition) is 2. The van der Waals surface area contributed by atoms with Crippen molar-refractivity contribution in [3.05, 3.63) is 29.8 Å². The molecule has 1 aromatic carbocycles. The minimum atomic E-state index is 0.239. The maximum atomic E-state index is 12.9. The first kappa shape index (κ1) is 11.3. The average molecular weight is 256 g/mol. The zero-order valence-corrected chi connectivity index (χ0v) is 11.3. The van der Waals surface area contributed by atoms with Crippen molar-refractivity contribution < 1.29 is 4.79 Å². The van der Waals surface area contributed by atoms with Crippen LogP contribution in [0.1, 0.15) is 36.5 Å². The Morgan fingerprint density at radius 3 is 3.00 bits per heavy atom. The van der Waals surface area contributed by atoms with E-state index in [-0.39, 0.29) is 5.91 Å². The number of piperidine rings is 1. The normalized spacial score (nSPS) is 36.3. The number of anilines is 1. The van der Waals surface area contributed by atoms with E-state index in [4.69, 9.17) is 0 Å². The zero-order valence-electron chi connectivity index (χ0n) is 11.3. The standard InChI is InChI=1S/C16H20N2O/c1-10-11-6-7-15(10)18-12(8-11)9-17-14-5-3-2-4-13(14)16(18)19/h2-5,10-12,15,17H,6-9H2,1H3/t10-,11?,12+,15+/m1/s1. The molecule has 4 rings (SSSR count). The van der Waals surface area contributed by atoms with Crippen LogP contribution in [0.4, 0.5) is 5.69 Å². The Hall–Kier alpha value is -1.51. The Balaban J connectivity index is 1.77. The lowest BCUT2D eigenvalue weighted by Gasteiger charge is -2.43. The summed E-state index contributed by atoms with van der Waals surface area (Å²) >= 11 is 0. The van der Waals surface area contributed by atoms with E-state index in [2.05, 4.69) is 17.1 Å².